The fourth-order valence-electron chi connectivity index (χ4n) is 1.94. The molecule has 0 aliphatic rings. The van der Waals surface area contributed by atoms with Gasteiger partial charge in [0, 0.05) is 14.9 Å². The zero-order chi connectivity index (χ0) is 13.0. The van der Waals surface area contributed by atoms with Crippen molar-refractivity contribution in [2.45, 2.75) is 37.7 Å². The normalized spacial score (nSPS) is 13.1. The van der Waals surface area contributed by atoms with E-state index in [4.69, 9.17) is 0 Å². The molecule has 1 aromatic carbocycles. The largest absolute Gasteiger partial charge is 0.388 e. The highest BCUT2D eigenvalue weighted by Gasteiger charge is 2.22. The van der Waals surface area contributed by atoms with E-state index in [-0.39, 0.29) is 11.7 Å². The van der Waals surface area contributed by atoms with Crippen LogP contribution in [-0.2, 0) is 0 Å². The molecule has 0 aliphatic heterocycles. The van der Waals surface area contributed by atoms with Gasteiger partial charge in [-0.25, -0.2) is 4.39 Å². The number of thioether (sulfide) groups is 1. The van der Waals surface area contributed by atoms with Crippen molar-refractivity contribution in [3.05, 3.63) is 28.0 Å². The zero-order valence-corrected chi connectivity index (χ0v) is 12.7. The molecule has 1 aromatic rings. The summed E-state index contributed by atoms with van der Waals surface area (Å²) < 4.78 is 14.9. The molecule has 96 valence electrons. The van der Waals surface area contributed by atoms with E-state index in [2.05, 4.69) is 15.9 Å². The molecule has 4 heteroatoms. The van der Waals surface area contributed by atoms with Gasteiger partial charge in [0.2, 0.25) is 0 Å². The maximum atomic E-state index is 14.1. The van der Waals surface area contributed by atoms with Crippen LogP contribution in [0.3, 0.4) is 0 Å². The van der Waals surface area contributed by atoms with E-state index in [1.54, 1.807) is 12.1 Å². The number of benzene rings is 1. The van der Waals surface area contributed by atoms with Gasteiger partial charge in [-0.05, 0) is 24.3 Å². The summed E-state index contributed by atoms with van der Waals surface area (Å²) in [7, 11) is 0. The molecular weight excluding hydrogens is 303 g/mol. The van der Waals surface area contributed by atoms with Crippen LogP contribution in [0.1, 0.15) is 38.4 Å². The number of hydrogen-bond donors (Lipinski definition) is 1. The van der Waals surface area contributed by atoms with Crippen molar-refractivity contribution in [2.24, 2.45) is 5.92 Å². The molecule has 0 amide bonds. The third-order valence-electron chi connectivity index (χ3n) is 3.07. The van der Waals surface area contributed by atoms with Crippen molar-refractivity contribution >= 4 is 27.7 Å². The van der Waals surface area contributed by atoms with Crippen LogP contribution in [-0.4, -0.2) is 11.4 Å². The Morgan fingerprint density at radius 1 is 1.35 bits per heavy atom. The first-order valence-electron chi connectivity index (χ1n) is 5.76. The van der Waals surface area contributed by atoms with Crippen molar-refractivity contribution in [3.8, 4) is 0 Å². The monoisotopic (exact) mass is 320 g/mol. The summed E-state index contributed by atoms with van der Waals surface area (Å²) in [5.41, 5.74) is 0.400. The first-order valence-corrected chi connectivity index (χ1v) is 7.77. The average molecular weight is 321 g/mol. The number of rotatable bonds is 5. The predicted molar refractivity (Wildman–Crippen MR) is 74.9 cm³/mol. The fraction of sp³-hybridized carbons (Fsp3) is 0.538. The minimum Gasteiger partial charge on any atom is -0.388 e. The van der Waals surface area contributed by atoms with Crippen LogP contribution in [0, 0.1) is 11.7 Å². The van der Waals surface area contributed by atoms with Gasteiger partial charge in [-0.2, -0.15) is 0 Å². The van der Waals surface area contributed by atoms with Crippen LogP contribution in [0.4, 0.5) is 4.39 Å². The second-order valence-corrected chi connectivity index (χ2v) is 5.80. The van der Waals surface area contributed by atoms with E-state index in [1.807, 2.05) is 20.1 Å². The smallest absolute Gasteiger partial charge is 0.142 e. The highest BCUT2D eigenvalue weighted by molar-refractivity contribution is 9.10. The second kappa shape index (κ2) is 6.76. The molecule has 0 aliphatic carbocycles. The van der Waals surface area contributed by atoms with Gasteiger partial charge in [-0.3, -0.25) is 0 Å². The van der Waals surface area contributed by atoms with E-state index in [9.17, 15) is 9.50 Å². The van der Waals surface area contributed by atoms with Crippen LogP contribution < -0.4 is 0 Å². The Morgan fingerprint density at radius 3 is 2.41 bits per heavy atom. The van der Waals surface area contributed by atoms with E-state index in [1.165, 1.54) is 11.8 Å². The summed E-state index contributed by atoms with van der Waals surface area (Å²) in [5.74, 6) is -0.186. The van der Waals surface area contributed by atoms with Crippen molar-refractivity contribution in [1.29, 1.82) is 0 Å². The van der Waals surface area contributed by atoms with Crippen molar-refractivity contribution in [1.82, 2.24) is 0 Å². The molecule has 0 saturated carbocycles. The Bertz CT molecular complexity index is 380. The van der Waals surface area contributed by atoms with Crippen LogP contribution in [0.25, 0.3) is 0 Å². The molecule has 0 spiro atoms. The summed E-state index contributed by atoms with van der Waals surface area (Å²) in [6, 6.07) is 3.42. The van der Waals surface area contributed by atoms with Crippen molar-refractivity contribution in [2.75, 3.05) is 6.26 Å². The van der Waals surface area contributed by atoms with Crippen LogP contribution >= 0.6 is 27.7 Å². The first kappa shape index (κ1) is 15.0. The Morgan fingerprint density at radius 2 is 1.94 bits per heavy atom. The Hall–Kier alpha value is -0.0600. The molecular formula is C13H18BrFOS. The summed E-state index contributed by atoms with van der Waals surface area (Å²) in [4.78, 5) is 0.569. The fourth-order valence-corrected chi connectivity index (χ4v) is 3.11. The third-order valence-corrected chi connectivity index (χ3v) is 4.26. The lowest BCUT2D eigenvalue weighted by molar-refractivity contribution is 0.0990. The summed E-state index contributed by atoms with van der Waals surface area (Å²) in [6.07, 6.45) is 2.79. The van der Waals surface area contributed by atoms with Crippen LogP contribution in [0.5, 0.6) is 0 Å². The zero-order valence-electron chi connectivity index (χ0n) is 10.3. The number of aliphatic hydroxyl groups excluding tert-OH is 1. The minimum atomic E-state index is -0.728. The maximum Gasteiger partial charge on any atom is 0.142 e. The molecule has 17 heavy (non-hydrogen) atoms. The molecule has 0 bridgehead atoms. The van der Waals surface area contributed by atoms with E-state index in [0.29, 0.717) is 10.5 Å². The van der Waals surface area contributed by atoms with E-state index < -0.39 is 6.10 Å². The summed E-state index contributed by atoms with van der Waals surface area (Å²) >= 11 is 4.71. The van der Waals surface area contributed by atoms with E-state index >= 15 is 0 Å². The highest BCUT2D eigenvalue weighted by Crippen LogP contribution is 2.34. The molecule has 1 atom stereocenters. The van der Waals surface area contributed by atoms with E-state index in [0.717, 1.165) is 17.3 Å². The van der Waals surface area contributed by atoms with Crippen LogP contribution in [0.2, 0.25) is 0 Å². The second-order valence-electron chi connectivity index (χ2n) is 4.03. The van der Waals surface area contributed by atoms with Crippen LogP contribution in [0.15, 0.2) is 21.5 Å². The van der Waals surface area contributed by atoms with Crippen molar-refractivity contribution in [3.63, 3.8) is 0 Å². The van der Waals surface area contributed by atoms with Gasteiger partial charge < -0.3 is 5.11 Å². The van der Waals surface area contributed by atoms with Gasteiger partial charge in [-0.15, -0.1) is 11.8 Å². The Labute approximate surface area is 115 Å². The average Bonchev–Trinajstić information content (AvgIpc) is 2.33. The standard InChI is InChI=1S/C13H18BrFOS/c1-4-8(5-2)13(16)10-6-9(14)7-11(17-3)12(10)15/h6-8,13,16H,4-5H2,1-3H3. The lowest BCUT2D eigenvalue weighted by Crippen LogP contribution is -2.13. The third kappa shape index (κ3) is 3.46. The lowest BCUT2D eigenvalue weighted by atomic mass is 9.91. The molecule has 1 unspecified atom stereocenters. The highest BCUT2D eigenvalue weighted by atomic mass is 79.9. The molecule has 1 rings (SSSR count). The van der Waals surface area contributed by atoms with Gasteiger partial charge in [0.1, 0.15) is 5.82 Å². The summed E-state index contributed by atoms with van der Waals surface area (Å²) in [5, 5.41) is 10.2. The van der Waals surface area contributed by atoms with Gasteiger partial charge in [0.25, 0.3) is 0 Å². The first-order chi connectivity index (χ1) is 8.04. The molecule has 0 fully saturated rings. The molecule has 0 radical (unpaired) electrons. The topological polar surface area (TPSA) is 20.2 Å². The SMILES string of the molecule is CCC(CC)C(O)c1cc(Br)cc(SC)c1F. The Balaban J connectivity index is 3.16. The van der Waals surface area contributed by atoms with Gasteiger partial charge in [0.15, 0.2) is 0 Å². The number of halogens is 2. The number of hydrogen-bond acceptors (Lipinski definition) is 2. The quantitative estimate of drug-likeness (QED) is 0.788. The molecule has 0 heterocycles. The van der Waals surface area contributed by atoms with Gasteiger partial charge in [0.05, 0.1) is 6.10 Å². The molecule has 1 nitrogen and oxygen atoms in total. The molecule has 0 saturated heterocycles. The molecule has 1 N–H and O–H groups in total. The van der Waals surface area contributed by atoms with Crippen molar-refractivity contribution < 1.29 is 9.50 Å². The number of aliphatic hydroxyl groups is 1. The molecule has 0 aromatic heterocycles. The Kier molecular flexibility index (Phi) is 5.97. The van der Waals surface area contributed by atoms with Gasteiger partial charge in [-0.1, -0.05) is 42.6 Å². The summed E-state index contributed by atoms with van der Waals surface area (Å²) in [6.45, 7) is 4.03. The maximum absolute atomic E-state index is 14.1. The predicted octanol–water partition coefficient (Wildman–Crippen LogP) is 4.78. The lowest BCUT2D eigenvalue weighted by Gasteiger charge is -2.22. The minimum absolute atomic E-state index is 0.105. The van der Waals surface area contributed by atoms with Gasteiger partial charge >= 0.3 is 0 Å².